The minimum atomic E-state index is -0.497. The normalized spacial score (nSPS) is 14.1. The van der Waals surface area contributed by atoms with Gasteiger partial charge in [0.2, 0.25) is 0 Å². The van der Waals surface area contributed by atoms with Gasteiger partial charge in [0.05, 0.1) is 28.0 Å². The molecule has 2 heterocycles. The zero-order valence-electron chi connectivity index (χ0n) is 15.7. The lowest BCUT2D eigenvalue weighted by Gasteiger charge is -2.35. The molecule has 0 radical (unpaired) electrons. The van der Waals surface area contributed by atoms with E-state index < -0.39 is 5.82 Å². The zero-order chi connectivity index (χ0) is 21.3. The van der Waals surface area contributed by atoms with Crippen molar-refractivity contribution < 1.29 is 14.0 Å². The molecule has 0 bridgehead atoms. The summed E-state index contributed by atoms with van der Waals surface area (Å²) in [7, 11) is 0. The number of piperazine rings is 1. The van der Waals surface area contributed by atoms with E-state index in [1.165, 1.54) is 18.3 Å². The Kier molecular flexibility index (Phi) is 5.74. The van der Waals surface area contributed by atoms with Crippen molar-refractivity contribution >= 4 is 35.0 Å². The standard InChI is InChI=1S/C21H17Cl2FN4O2/c22-14-3-1-13(2-4-14)19-17(12-25-26-19)21(30)28-9-7-27(8-10-28)20(29)16-6-5-15(24)11-18(16)23/h1-6,11-12H,7-10H2,(H,25,26). The highest BCUT2D eigenvalue weighted by molar-refractivity contribution is 6.33. The van der Waals surface area contributed by atoms with Gasteiger partial charge in [0.25, 0.3) is 11.8 Å². The van der Waals surface area contributed by atoms with Crippen molar-refractivity contribution in [3.63, 3.8) is 0 Å². The third-order valence-electron chi connectivity index (χ3n) is 5.02. The van der Waals surface area contributed by atoms with Crippen molar-refractivity contribution in [3.8, 4) is 11.3 Å². The highest BCUT2D eigenvalue weighted by Crippen LogP contribution is 2.25. The molecule has 0 aliphatic carbocycles. The number of nitrogens with zero attached hydrogens (tertiary/aromatic N) is 3. The molecule has 30 heavy (non-hydrogen) atoms. The van der Waals surface area contributed by atoms with Gasteiger partial charge in [0, 0.05) is 36.8 Å². The molecule has 154 valence electrons. The molecular formula is C21H17Cl2FN4O2. The molecule has 2 amide bonds. The fraction of sp³-hybridized carbons (Fsp3) is 0.190. The van der Waals surface area contributed by atoms with Crippen LogP contribution in [0, 0.1) is 5.82 Å². The Balaban J connectivity index is 1.45. The molecule has 9 heteroatoms. The van der Waals surface area contributed by atoms with Gasteiger partial charge in [-0.2, -0.15) is 5.10 Å². The monoisotopic (exact) mass is 446 g/mol. The number of rotatable bonds is 3. The Labute approximate surface area is 182 Å². The Morgan fingerprint density at radius 1 is 0.900 bits per heavy atom. The summed E-state index contributed by atoms with van der Waals surface area (Å²) in [4.78, 5) is 29.0. The number of halogens is 3. The molecule has 1 saturated heterocycles. The van der Waals surface area contributed by atoms with Crippen LogP contribution in [0.5, 0.6) is 0 Å². The van der Waals surface area contributed by atoms with E-state index in [0.29, 0.717) is 42.5 Å². The van der Waals surface area contributed by atoms with E-state index >= 15 is 0 Å². The molecule has 0 atom stereocenters. The maximum Gasteiger partial charge on any atom is 0.257 e. The first-order valence-electron chi connectivity index (χ1n) is 9.27. The van der Waals surface area contributed by atoms with Crippen molar-refractivity contribution in [1.29, 1.82) is 0 Å². The second kappa shape index (κ2) is 8.45. The number of hydrogen-bond acceptors (Lipinski definition) is 3. The summed E-state index contributed by atoms with van der Waals surface area (Å²) in [6.07, 6.45) is 1.50. The molecule has 0 saturated carbocycles. The van der Waals surface area contributed by atoms with E-state index in [9.17, 15) is 14.0 Å². The van der Waals surface area contributed by atoms with Crippen LogP contribution in [-0.4, -0.2) is 58.0 Å². The largest absolute Gasteiger partial charge is 0.335 e. The summed E-state index contributed by atoms with van der Waals surface area (Å²) in [6.45, 7) is 1.45. The van der Waals surface area contributed by atoms with Crippen molar-refractivity contribution in [3.05, 3.63) is 75.7 Å². The Morgan fingerprint density at radius 3 is 2.10 bits per heavy atom. The molecule has 3 aromatic rings. The number of carbonyl (C=O) groups is 2. The lowest BCUT2D eigenvalue weighted by molar-refractivity contribution is 0.0536. The van der Waals surface area contributed by atoms with E-state index in [1.807, 2.05) is 12.1 Å². The molecule has 6 nitrogen and oxygen atoms in total. The first kappa shape index (κ1) is 20.4. The third-order valence-corrected chi connectivity index (χ3v) is 5.58. The van der Waals surface area contributed by atoms with Crippen LogP contribution in [0.2, 0.25) is 10.0 Å². The van der Waals surface area contributed by atoms with Crippen molar-refractivity contribution in [2.45, 2.75) is 0 Å². The predicted molar refractivity (Wildman–Crippen MR) is 112 cm³/mol. The summed E-state index contributed by atoms with van der Waals surface area (Å²) in [5.41, 5.74) is 2.13. The van der Waals surface area contributed by atoms with Crippen LogP contribution < -0.4 is 0 Å². The number of nitrogens with one attached hydrogen (secondary N) is 1. The SMILES string of the molecule is O=C(c1ccc(F)cc1Cl)N1CCN(C(=O)c2cn[nH]c2-c2ccc(Cl)cc2)CC1. The van der Waals surface area contributed by atoms with E-state index in [-0.39, 0.29) is 22.4 Å². The zero-order valence-corrected chi connectivity index (χ0v) is 17.3. The molecule has 2 aromatic carbocycles. The molecule has 0 unspecified atom stereocenters. The van der Waals surface area contributed by atoms with Crippen LogP contribution >= 0.6 is 23.2 Å². The molecule has 1 N–H and O–H groups in total. The average Bonchev–Trinajstić information content (AvgIpc) is 3.23. The summed E-state index contributed by atoms with van der Waals surface area (Å²) in [5.74, 6) is -0.943. The van der Waals surface area contributed by atoms with E-state index in [1.54, 1.807) is 21.9 Å². The molecule has 1 fully saturated rings. The van der Waals surface area contributed by atoms with E-state index in [0.717, 1.165) is 11.6 Å². The molecular weight excluding hydrogens is 430 g/mol. The quantitative estimate of drug-likeness (QED) is 0.657. The van der Waals surface area contributed by atoms with Crippen molar-refractivity contribution in [2.75, 3.05) is 26.2 Å². The van der Waals surface area contributed by atoms with Gasteiger partial charge in [-0.05, 0) is 30.3 Å². The van der Waals surface area contributed by atoms with E-state index in [4.69, 9.17) is 23.2 Å². The average molecular weight is 447 g/mol. The van der Waals surface area contributed by atoms with Crippen LogP contribution in [-0.2, 0) is 0 Å². The fourth-order valence-electron chi connectivity index (χ4n) is 3.40. The Morgan fingerprint density at radius 2 is 1.50 bits per heavy atom. The molecule has 1 aliphatic heterocycles. The highest BCUT2D eigenvalue weighted by Gasteiger charge is 2.28. The van der Waals surface area contributed by atoms with Gasteiger partial charge in [-0.15, -0.1) is 0 Å². The molecule has 0 spiro atoms. The Hall–Kier alpha value is -2.90. The number of benzene rings is 2. The summed E-state index contributed by atoms with van der Waals surface area (Å²) < 4.78 is 13.2. The van der Waals surface area contributed by atoms with Gasteiger partial charge in [-0.1, -0.05) is 35.3 Å². The lowest BCUT2D eigenvalue weighted by atomic mass is 10.1. The van der Waals surface area contributed by atoms with Gasteiger partial charge in [-0.25, -0.2) is 4.39 Å². The molecule has 4 rings (SSSR count). The lowest BCUT2D eigenvalue weighted by Crippen LogP contribution is -2.50. The van der Waals surface area contributed by atoms with Gasteiger partial charge in [0.15, 0.2) is 0 Å². The number of carbonyl (C=O) groups excluding carboxylic acids is 2. The highest BCUT2D eigenvalue weighted by atomic mass is 35.5. The van der Waals surface area contributed by atoms with Gasteiger partial charge < -0.3 is 9.80 Å². The maximum atomic E-state index is 13.2. The van der Waals surface area contributed by atoms with Crippen LogP contribution in [0.25, 0.3) is 11.3 Å². The second-order valence-electron chi connectivity index (χ2n) is 6.87. The number of H-pyrrole nitrogens is 1. The number of hydrogen-bond donors (Lipinski definition) is 1. The topological polar surface area (TPSA) is 69.3 Å². The maximum absolute atomic E-state index is 13.2. The second-order valence-corrected chi connectivity index (χ2v) is 7.72. The first-order valence-corrected chi connectivity index (χ1v) is 10.0. The van der Waals surface area contributed by atoms with Crippen LogP contribution in [0.3, 0.4) is 0 Å². The third kappa shape index (κ3) is 4.04. The minimum absolute atomic E-state index is 0.0736. The van der Waals surface area contributed by atoms with Gasteiger partial charge in [-0.3, -0.25) is 14.7 Å². The van der Waals surface area contributed by atoms with Gasteiger partial charge in [0.1, 0.15) is 5.82 Å². The van der Waals surface area contributed by atoms with E-state index in [2.05, 4.69) is 10.2 Å². The van der Waals surface area contributed by atoms with Crippen molar-refractivity contribution in [1.82, 2.24) is 20.0 Å². The number of amides is 2. The number of aromatic nitrogens is 2. The van der Waals surface area contributed by atoms with Crippen LogP contribution in [0.15, 0.2) is 48.7 Å². The fourth-order valence-corrected chi connectivity index (χ4v) is 3.78. The minimum Gasteiger partial charge on any atom is -0.335 e. The van der Waals surface area contributed by atoms with Crippen molar-refractivity contribution in [2.24, 2.45) is 0 Å². The van der Waals surface area contributed by atoms with Crippen LogP contribution in [0.4, 0.5) is 4.39 Å². The summed E-state index contributed by atoms with van der Waals surface area (Å²) >= 11 is 11.9. The van der Waals surface area contributed by atoms with Gasteiger partial charge >= 0.3 is 0 Å². The first-order chi connectivity index (χ1) is 14.4. The molecule has 1 aromatic heterocycles. The molecule has 1 aliphatic rings. The Bertz CT molecular complexity index is 1090. The predicted octanol–water partition coefficient (Wildman–Crippen LogP) is 4.12. The van der Waals surface area contributed by atoms with Crippen LogP contribution in [0.1, 0.15) is 20.7 Å². The number of aromatic amines is 1. The summed E-state index contributed by atoms with van der Waals surface area (Å²) in [5, 5.41) is 7.57. The smallest absolute Gasteiger partial charge is 0.257 e. The summed E-state index contributed by atoms with van der Waals surface area (Å²) in [6, 6.07) is 10.8.